The highest BCUT2D eigenvalue weighted by Crippen LogP contribution is 2.03. The van der Waals surface area contributed by atoms with Crippen LogP contribution < -0.4 is 0 Å². The molecule has 0 aliphatic heterocycles. The van der Waals surface area contributed by atoms with Gasteiger partial charge in [-0.3, -0.25) is 4.79 Å². The van der Waals surface area contributed by atoms with Gasteiger partial charge in [-0.25, -0.2) is 0 Å². The number of carbonyl (C=O) groups is 1. The van der Waals surface area contributed by atoms with E-state index in [2.05, 4.69) is 0 Å². The third-order valence-corrected chi connectivity index (χ3v) is 1.69. The van der Waals surface area contributed by atoms with Crippen LogP contribution in [0.15, 0.2) is 36.4 Å². The van der Waals surface area contributed by atoms with Crippen molar-refractivity contribution in [3.63, 3.8) is 0 Å². The van der Waals surface area contributed by atoms with Gasteiger partial charge in [-0.1, -0.05) is 42.5 Å². The van der Waals surface area contributed by atoms with E-state index in [0.717, 1.165) is 5.56 Å². The zero-order valence-electron chi connectivity index (χ0n) is 7.63. The van der Waals surface area contributed by atoms with Gasteiger partial charge in [0.05, 0.1) is 12.5 Å². The lowest BCUT2D eigenvalue weighted by Gasteiger charge is -1.99. The number of aliphatic hydroxyl groups is 1. The maximum atomic E-state index is 10.2. The maximum absolute atomic E-state index is 10.2. The van der Waals surface area contributed by atoms with Crippen molar-refractivity contribution < 1.29 is 15.0 Å². The summed E-state index contributed by atoms with van der Waals surface area (Å²) in [4.78, 5) is 10.2. The molecule has 74 valence electrons. The molecule has 0 saturated carbocycles. The van der Waals surface area contributed by atoms with Gasteiger partial charge in [0.1, 0.15) is 0 Å². The second-order valence-electron chi connectivity index (χ2n) is 2.94. The molecule has 0 aliphatic rings. The molecule has 0 aromatic heterocycles. The monoisotopic (exact) mass is 192 g/mol. The van der Waals surface area contributed by atoms with E-state index in [1.807, 2.05) is 30.3 Å². The normalized spacial score (nSPS) is 12.9. The fraction of sp³-hybridized carbons (Fsp3) is 0.182. The van der Waals surface area contributed by atoms with E-state index in [-0.39, 0.29) is 6.42 Å². The summed E-state index contributed by atoms with van der Waals surface area (Å²) >= 11 is 0. The maximum Gasteiger partial charge on any atom is 0.306 e. The number of hydrogen-bond acceptors (Lipinski definition) is 2. The quantitative estimate of drug-likeness (QED) is 0.760. The Kier molecular flexibility index (Phi) is 3.88. The lowest BCUT2D eigenvalue weighted by Crippen LogP contribution is -2.09. The first kappa shape index (κ1) is 10.5. The Morgan fingerprint density at radius 2 is 2.00 bits per heavy atom. The first-order valence-electron chi connectivity index (χ1n) is 4.31. The summed E-state index contributed by atoms with van der Waals surface area (Å²) < 4.78 is 0. The van der Waals surface area contributed by atoms with E-state index in [4.69, 9.17) is 5.11 Å². The molecular weight excluding hydrogens is 180 g/mol. The molecule has 2 N–H and O–H groups in total. The Bertz CT molecular complexity index is 317. The third-order valence-electron chi connectivity index (χ3n) is 1.69. The summed E-state index contributed by atoms with van der Waals surface area (Å²) in [5.74, 6) is -1.00. The van der Waals surface area contributed by atoms with E-state index in [1.165, 1.54) is 6.08 Å². The van der Waals surface area contributed by atoms with Crippen molar-refractivity contribution >= 4 is 12.0 Å². The van der Waals surface area contributed by atoms with Crippen molar-refractivity contribution in [1.29, 1.82) is 0 Å². The summed E-state index contributed by atoms with van der Waals surface area (Å²) in [6.07, 6.45) is 1.99. The molecular formula is C11H12O3. The zero-order chi connectivity index (χ0) is 10.4. The third kappa shape index (κ3) is 3.87. The van der Waals surface area contributed by atoms with Crippen LogP contribution in [0.3, 0.4) is 0 Å². The highest BCUT2D eigenvalue weighted by Gasteiger charge is 2.04. The molecule has 0 bridgehead atoms. The molecule has 14 heavy (non-hydrogen) atoms. The van der Waals surface area contributed by atoms with Crippen molar-refractivity contribution in [2.24, 2.45) is 0 Å². The van der Waals surface area contributed by atoms with Gasteiger partial charge in [0.25, 0.3) is 0 Å². The molecule has 3 nitrogen and oxygen atoms in total. The van der Waals surface area contributed by atoms with Crippen molar-refractivity contribution in [2.75, 3.05) is 0 Å². The van der Waals surface area contributed by atoms with Gasteiger partial charge in [0.15, 0.2) is 0 Å². The summed E-state index contributed by atoms with van der Waals surface area (Å²) in [7, 11) is 0. The van der Waals surface area contributed by atoms with Gasteiger partial charge in [-0.15, -0.1) is 0 Å². The number of rotatable bonds is 4. The molecule has 1 unspecified atom stereocenters. The van der Waals surface area contributed by atoms with Crippen LogP contribution in [0.5, 0.6) is 0 Å². The Morgan fingerprint density at radius 1 is 1.36 bits per heavy atom. The van der Waals surface area contributed by atoms with Crippen LogP contribution >= 0.6 is 0 Å². The van der Waals surface area contributed by atoms with Crippen LogP contribution in [-0.2, 0) is 4.79 Å². The molecule has 0 fully saturated rings. The van der Waals surface area contributed by atoms with Gasteiger partial charge in [0.2, 0.25) is 0 Å². The standard InChI is InChI=1S/C11H12O3/c12-10(8-11(13)14)7-6-9-4-2-1-3-5-9/h1-7,10,12H,8H2,(H,13,14)/b7-6+. The molecule has 1 atom stereocenters. The highest BCUT2D eigenvalue weighted by atomic mass is 16.4. The highest BCUT2D eigenvalue weighted by molar-refractivity contribution is 5.68. The molecule has 0 spiro atoms. The predicted octanol–water partition coefficient (Wildman–Crippen LogP) is 1.54. The number of carboxylic acids is 1. The minimum absolute atomic E-state index is 0.261. The Morgan fingerprint density at radius 3 is 2.57 bits per heavy atom. The first-order valence-corrected chi connectivity index (χ1v) is 4.31. The van der Waals surface area contributed by atoms with Gasteiger partial charge in [-0.2, -0.15) is 0 Å². The van der Waals surface area contributed by atoms with E-state index >= 15 is 0 Å². The minimum Gasteiger partial charge on any atom is -0.481 e. The lowest BCUT2D eigenvalue weighted by molar-refractivity contribution is -0.138. The van der Waals surface area contributed by atoms with Gasteiger partial charge < -0.3 is 10.2 Å². The average molecular weight is 192 g/mol. The number of aliphatic hydroxyl groups excluding tert-OH is 1. The fourth-order valence-corrected chi connectivity index (χ4v) is 1.03. The Balaban J connectivity index is 2.52. The summed E-state index contributed by atoms with van der Waals surface area (Å²) in [6, 6.07) is 9.41. The van der Waals surface area contributed by atoms with Crippen molar-refractivity contribution in [3.8, 4) is 0 Å². The van der Waals surface area contributed by atoms with Gasteiger partial charge in [0, 0.05) is 0 Å². The second kappa shape index (κ2) is 5.19. The number of carboxylic acid groups (broad SMARTS) is 1. The largest absolute Gasteiger partial charge is 0.481 e. The topological polar surface area (TPSA) is 57.5 Å². The smallest absolute Gasteiger partial charge is 0.306 e. The van der Waals surface area contributed by atoms with Gasteiger partial charge in [-0.05, 0) is 5.56 Å². The van der Waals surface area contributed by atoms with E-state index < -0.39 is 12.1 Å². The molecule has 3 heteroatoms. The second-order valence-corrected chi connectivity index (χ2v) is 2.94. The summed E-state index contributed by atoms with van der Waals surface area (Å²) in [6.45, 7) is 0. The molecule has 0 amide bonds. The molecule has 1 rings (SSSR count). The molecule has 1 aromatic rings. The molecule has 0 saturated heterocycles. The lowest BCUT2D eigenvalue weighted by atomic mass is 10.1. The van der Waals surface area contributed by atoms with Crippen molar-refractivity contribution in [3.05, 3.63) is 42.0 Å². The first-order chi connectivity index (χ1) is 6.68. The number of hydrogen-bond donors (Lipinski definition) is 2. The van der Waals surface area contributed by atoms with Crippen LogP contribution in [0.1, 0.15) is 12.0 Å². The van der Waals surface area contributed by atoms with Crippen molar-refractivity contribution in [2.45, 2.75) is 12.5 Å². The average Bonchev–Trinajstić information content (AvgIpc) is 2.15. The SMILES string of the molecule is O=C(O)CC(O)/C=C/c1ccccc1. The predicted molar refractivity (Wildman–Crippen MR) is 53.7 cm³/mol. The Labute approximate surface area is 82.3 Å². The van der Waals surface area contributed by atoms with Crippen LogP contribution in [0.4, 0.5) is 0 Å². The molecule has 0 heterocycles. The van der Waals surface area contributed by atoms with E-state index in [1.54, 1.807) is 6.08 Å². The van der Waals surface area contributed by atoms with Crippen LogP contribution in [0.25, 0.3) is 6.08 Å². The van der Waals surface area contributed by atoms with Crippen LogP contribution in [0, 0.1) is 0 Å². The van der Waals surface area contributed by atoms with Crippen molar-refractivity contribution in [1.82, 2.24) is 0 Å². The molecule has 0 radical (unpaired) electrons. The zero-order valence-corrected chi connectivity index (χ0v) is 7.63. The van der Waals surface area contributed by atoms with Crippen LogP contribution in [0.2, 0.25) is 0 Å². The summed E-state index contributed by atoms with van der Waals surface area (Å²) in [5, 5.41) is 17.6. The van der Waals surface area contributed by atoms with Crippen LogP contribution in [-0.4, -0.2) is 22.3 Å². The Hall–Kier alpha value is -1.61. The molecule has 0 aliphatic carbocycles. The fourth-order valence-electron chi connectivity index (χ4n) is 1.03. The van der Waals surface area contributed by atoms with Gasteiger partial charge >= 0.3 is 5.97 Å². The summed E-state index contributed by atoms with van der Waals surface area (Å²) in [5.41, 5.74) is 0.942. The minimum atomic E-state index is -1.00. The van der Waals surface area contributed by atoms with E-state index in [0.29, 0.717) is 0 Å². The van der Waals surface area contributed by atoms with E-state index in [9.17, 15) is 9.90 Å². The number of aliphatic carboxylic acids is 1. The molecule has 1 aromatic carbocycles. The number of benzene rings is 1.